The average Bonchev–Trinajstić information content (AvgIpc) is 2.15. The molecule has 1 aromatic rings. The average molecular weight is 320 g/mol. The fourth-order valence-electron chi connectivity index (χ4n) is 1.08. The molecule has 0 aliphatic rings. The molecule has 0 radical (unpaired) electrons. The maximum Gasteiger partial charge on any atom is 0.150 e. The van der Waals surface area contributed by atoms with Gasteiger partial charge in [-0.2, -0.15) is 0 Å². The first-order chi connectivity index (χ1) is 6.54. The van der Waals surface area contributed by atoms with Crippen LogP contribution in [0.5, 0.6) is 0 Å². The predicted molar refractivity (Wildman–Crippen MR) is 61.9 cm³/mol. The minimum atomic E-state index is -0.348. The maximum absolute atomic E-state index is 11.1. The zero-order chi connectivity index (χ0) is 10.7. The van der Waals surface area contributed by atoms with E-state index < -0.39 is 0 Å². The Bertz CT molecular complexity index is 374. The summed E-state index contributed by atoms with van der Waals surface area (Å²) in [7, 11) is 0. The minimum absolute atomic E-state index is 0.0138. The van der Waals surface area contributed by atoms with E-state index in [0.29, 0.717) is 5.56 Å². The van der Waals surface area contributed by atoms with Crippen molar-refractivity contribution >= 4 is 43.9 Å². The Labute approximate surface area is 98.9 Å². The van der Waals surface area contributed by atoms with Gasteiger partial charge in [-0.05, 0) is 30.7 Å². The molecule has 0 amide bonds. The van der Waals surface area contributed by atoms with Gasteiger partial charge in [0.2, 0.25) is 0 Å². The molecule has 14 heavy (non-hydrogen) atoms. The fraction of sp³-hybridized carbons (Fsp3) is 0.200. The molecule has 0 heterocycles. The largest absolute Gasteiger partial charge is 0.298 e. The van der Waals surface area contributed by atoms with Crippen molar-refractivity contribution in [3.8, 4) is 0 Å². The normalized spacial score (nSPS) is 12.2. The van der Waals surface area contributed by atoms with E-state index in [1.165, 1.54) is 6.92 Å². The van der Waals surface area contributed by atoms with Crippen LogP contribution in [0, 0.1) is 0 Å². The monoisotopic (exact) mass is 318 g/mol. The van der Waals surface area contributed by atoms with Gasteiger partial charge in [0.15, 0.2) is 0 Å². The minimum Gasteiger partial charge on any atom is -0.298 e. The van der Waals surface area contributed by atoms with Gasteiger partial charge in [-0.15, -0.1) is 0 Å². The predicted octanol–water partition coefficient (Wildman–Crippen LogP) is 3.29. The van der Waals surface area contributed by atoms with E-state index in [1.54, 1.807) is 12.1 Å². The van der Waals surface area contributed by atoms with Gasteiger partial charge in [0.25, 0.3) is 0 Å². The summed E-state index contributed by atoms with van der Waals surface area (Å²) in [6.45, 7) is 1.50. The van der Waals surface area contributed by atoms with Crippen LogP contribution in [0.2, 0.25) is 0 Å². The molecule has 4 heteroatoms. The molecule has 2 nitrogen and oxygen atoms in total. The lowest BCUT2D eigenvalue weighted by Crippen LogP contribution is -2.01. The molecule has 0 spiro atoms. The first kappa shape index (κ1) is 11.6. The molecule has 0 saturated heterocycles. The number of ketones is 1. The van der Waals surface area contributed by atoms with Crippen LogP contribution in [-0.4, -0.2) is 12.1 Å². The first-order valence-electron chi connectivity index (χ1n) is 3.95. The molecule has 0 aliphatic heterocycles. The Morgan fingerprint density at radius 1 is 1.43 bits per heavy atom. The Balaban J connectivity index is 3.14. The van der Waals surface area contributed by atoms with E-state index in [4.69, 9.17) is 0 Å². The molecule has 0 aromatic heterocycles. The summed E-state index contributed by atoms with van der Waals surface area (Å²) in [4.78, 5) is 21.3. The Morgan fingerprint density at radius 2 is 2.07 bits per heavy atom. The van der Waals surface area contributed by atoms with E-state index in [-0.39, 0.29) is 10.6 Å². The molecule has 1 rings (SSSR count). The van der Waals surface area contributed by atoms with Crippen LogP contribution >= 0.6 is 31.9 Å². The summed E-state index contributed by atoms with van der Waals surface area (Å²) in [6, 6.07) is 5.21. The SMILES string of the molecule is CC(=O)C(Br)c1cc(Br)cc(C=O)c1. The van der Waals surface area contributed by atoms with Crippen molar-refractivity contribution in [2.75, 3.05) is 0 Å². The molecule has 0 aliphatic carbocycles. The quantitative estimate of drug-likeness (QED) is 0.633. The summed E-state index contributed by atoms with van der Waals surface area (Å²) in [6.07, 6.45) is 0.758. The smallest absolute Gasteiger partial charge is 0.150 e. The van der Waals surface area contributed by atoms with E-state index in [1.807, 2.05) is 6.07 Å². The first-order valence-corrected chi connectivity index (χ1v) is 5.65. The molecule has 0 N–H and O–H groups in total. The molecule has 0 fully saturated rings. The highest BCUT2D eigenvalue weighted by Gasteiger charge is 2.13. The number of carbonyl (C=O) groups is 2. The summed E-state index contributed by atoms with van der Waals surface area (Å²) < 4.78 is 0.794. The third kappa shape index (κ3) is 2.75. The van der Waals surface area contributed by atoms with Gasteiger partial charge in [0.1, 0.15) is 12.1 Å². The summed E-state index contributed by atoms with van der Waals surface area (Å²) in [5, 5.41) is 0. The fourth-order valence-corrected chi connectivity index (χ4v) is 1.88. The Morgan fingerprint density at radius 3 is 2.57 bits per heavy atom. The number of rotatable bonds is 3. The van der Waals surface area contributed by atoms with Gasteiger partial charge < -0.3 is 0 Å². The highest BCUT2D eigenvalue weighted by molar-refractivity contribution is 9.10. The molecule has 0 saturated carbocycles. The lowest BCUT2D eigenvalue weighted by atomic mass is 10.1. The molecule has 1 aromatic carbocycles. The highest BCUT2D eigenvalue weighted by atomic mass is 79.9. The van der Waals surface area contributed by atoms with E-state index in [9.17, 15) is 9.59 Å². The van der Waals surface area contributed by atoms with Crippen molar-refractivity contribution in [1.29, 1.82) is 0 Å². The third-order valence-electron chi connectivity index (χ3n) is 1.73. The van der Waals surface area contributed by atoms with Crippen LogP contribution in [0.4, 0.5) is 0 Å². The van der Waals surface area contributed by atoms with E-state index in [2.05, 4.69) is 31.9 Å². The van der Waals surface area contributed by atoms with Crippen LogP contribution in [0.3, 0.4) is 0 Å². The number of hydrogen-bond acceptors (Lipinski definition) is 2. The number of halogens is 2. The number of Topliss-reactive ketones (excluding diaryl/α,β-unsaturated/α-hetero) is 1. The topological polar surface area (TPSA) is 34.1 Å². The van der Waals surface area contributed by atoms with Crippen LogP contribution in [0.1, 0.15) is 27.7 Å². The van der Waals surface area contributed by atoms with Gasteiger partial charge in [0, 0.05) is 10.0 Å². The van der Waals surface area contributed by atoms with Crippen LogP contribution < -0.4 is 0 Å². The molecule has 0 bridgehead atoms. The second-order valence-electron chi connectivity index (χ2n) is 2.91. The number of carbonyl (C=O) groups excluding carboxylic acids is 2. The van der Waals surface area contributed by atoms with Crippen LogP contribution in [-0.2, 0) is 4.79 Å². The molecular formula is C10H8Br2O2. The number of aldehydes is 1. The number of hydrogen-bond donors (Lipinski definition) is 0. The Hall–Kier alpha value is -0.480. The summed E-state index contributed by atoms with van der Waals surface area (Å²) in [5.74, 6) is 0.0138. The van der Waals surface area contributed by atoms with E-state index in [0.717, 1.165) is 16.3 Å². The third-order valence-corrected chi connectivity index (χ3v) is 3.36. The van der Waals surface area contributed by atoms with Gasteiger partial charge in [-0.3, -0.25) is 9.59 Å². The second kappa shape index (κ2) is 4.84. The molecule has 1 unspecified atom stereocenters. The van der Waals surface area contributed by atoms with Crippen molar-refractivity contribution in [2.45, 2.75) is 11.8 Å². The lowest BCUT2D eigenvalue weighted by Gasteiger charge is -2.07. The zero-order valence-corrected chi connectivity index (χ0v) is 10.6. The molecular weight excluding hydrogens is 312 g/mol. The van der Waals surface area contributed by atoms with Gasteiger partial charge in [0.05, 0.1) is 4.83 Å². The van der Waals surface area contributed by atoms with Crippen molar-refractivity contribution < 1.29 is 9.59 Å². The van der Waals surface area contributed by atoms with Crippen molar-refractivity contribution in [1.82, 2.24) is 0 Å². The Kier molecular flexibility index (Phi) is 4.01. The van der Waals surface area contributed by atoms with Gasteiger partial charge in [-0.1, -0.05) is 31.9 Å². The van der Waals surface area contributed by atoms with E-state index >= 15 is 0 Å². The number of benzene rings is 1. The van der Waals surface area contributed by atoms with Crippen molar-refractivity contribution in [3.63, 3.8) is 0 Å². The summed E-state index contributed by atoms with van der Waals surface area (Å²) in [5.41, 5.74) is 1.34. The highest BCUT2D eigenvalue weighted by Crippen LogP contribution is 2.27. The van der Waals surface area contributed by atoms with Gasteiger partial charge >= 0.3 is 0 Å². The number of alkyl halides is 1. The van der Waals surface area contributed by atoms with Crippen molar-refractivity contribution in [3.05, 3.63) is 33.8 Å². The summed E-state index contributed by atoms with van der Waals surface area (Å²) >= 11 is 6.54. The van der Waals surface area contributed by atoms with Crippen LogP contribution in [0.15, 0.2) is 22.7 Å². The molecule has 74 valence electrons. The standard InChI is InChI=1S/C10H8Br2O2/c1-6(14)10(12)8-2-7(5-13)3-9(11)4-8/h2-5,10H,1H3. The second-order valence-corrected chi connectivity index (χ2v) is 4.74. The van der Waals surface area contributed by atoms with Crippen molar-refractivity contribution in [2.24, 2.45) is 0 Å². The lowest BCUT2D eigenvalue weighted by molar-refractivity contribution is -0.116. The van der Waals surface area contributed by atoms with Crippen LogP contribution in [0.25, 0.3) is 0 Å². The zero-order valence-electron chi connectivity index (χ0n) is 7.46. The molecule has 1 atom stereocenters. The van der Waals surface area contributed by atoms with Gasteiger partial charge in [-0.25, -0.2) is 0 Å². The maximum atomic E-state index is 11.1.